The van der Waals surface area contributed by atoms with E-state index in [1.807, 2.05) is 24.3 Å². The highest BCUT2D eigenvalue weighted by molar-refractivity contribution is 5.96. The number of nitro groups is 1. The highest BCUT2D eigenvalue weighted by Crippen LogP contribution is 2.55. The van der Waals surface area contributed by atoms with Gasteiger partial charge in [0, 0.05) is 17.9 Å². The van der Waals surface area contributed by atoms with E-state index >= 15 is 0 Å². The molecule has 0 spiro atoms. The second-order valence-electron chi connectivity index (χ2n) is 7.39. The molecule has 0 unspecified atom stereocenters. The smallest absolute Gasteiger partial charge is 0.292 e. The fourth-order valence-electron chi connectivity index (χ4n) is 4.86. The number of nitrogens with one attached hydrogen (secondary N) is 1. The molecule has 3 aliphatic rings. The van der Waals surface area contributed by atoms with Crippen LogP contribution in [0.4, 0.5) is 11.4 Å². The SMILES string of the molecule is O=C(Nc1ccccc1[N+](=O)[O-])[C@H]1CC2c3ccccc3C1c1ccccc12. The molecule has 3 aliphatic carbocycles. The highest BCUT2D eigenvalue weighted by atomic mass is 16.6. The predicted octanol–water partition coefficient (Wildman–Crippen LogP) is 4.83. The topological polar surface area (TPSA) is 72.2 Å². The Morgan fingerprint density at radius 2 is 1.39 bits per heavy atom. The quantitative estimate of drug-likeness (QED) is 0.530. The lowest BCUT2D eigenvalue weighted by atomic mass is 9.59. The minimum atomic E-state index is -0.465. The molecule has 5 heteroatoms. The van der Waals surface area contributed by atoms with Gasteiger partial charge in [0.15, 0.2) is 0 Å². The molecule has 1 atom stereocenters. The zero-order valence-electron chi connectivity index (χ0n) is 15.0. The van der Waals surface area contributed by atoms with E-state index in [9.17, 15) is 14.9 Å². The Hall–Kier alpha value is -3.47. The molecule has 3 aromatic rings. The van der Waals surface area contributed by atoms with E-state index in [2.05, 4.69) is 29.6 Å². The average Bonchev–Trinajstić information content (AvgIpc) is 2.74. The fourth-order valence-corrected chi connectivity index (χ4v) is 4.86. The Labute approximate surface area is 162 Å². The maximum absolute atomic E-state index is 13.2. The van der Waals surface area contributed by atoms with E-state index in [4.69, 9.17) is 0 Å². The zero-order valence-corrected chi connectivity index (χ0v) is 15.0. The first kappa shape index (κ1) is 16.7. The molecule has 0 aliphatic heterocycles. The van der Waals surface area contributed by atoms with Crippen LogP contribution in [-0.4, -0.2) is 10.8 Å². The van der Waals surface area contributed by atoms with E-state index in [0.717, 1.165) is 0 Å². The van der Waals surface area contributed by atoms with Gasteiger partial charge in [-0.2, -0.15) is 0 Å². The number of amides is 1. The van der Waals surface area contributed by atoms with E-state index in [-0.39, 0.29) is 35.0 Å². The first-order valence-corrected chi connectivity index (χ1v) is 9.37. The normalized spacial score (nSPS) is 21.5. The number of nitro benzene ring substituents is 1. The number of carbonyl (C=O) groups is 1. The standard InChI is InChI=1S/C23H18N2O3/c26-23(24-20-11-5-6-12-21(20)25(27)28)19-13-18-14-7-1-3-9-16(14)22(19)17-10-4-2-8-15(17)18/h1-12,18-19,22H,13H2,(H,24,26)/t18?,19-,22?/m0/s1. The summed E-state index contributed by atoms with van der Waals surface area (Å²) in [5.41, 5.74) is 5.14. The van der Waals surface area contributed by atoms with Gasteiger partial charge in [-0.15, -0.1) is 0 Å². The van der Waals surface area contributed by atoms with Crippen LogP contribution in [0.2, 0.25) is 0 Å². The molecular formula is C23H18N2O3. The molecule has 0 fully saturated rings. The number of nitrogens with zero attached hydrogens (tertiary/aromatic N) is 1. The molecule has 2 bridgehead atoms. The molecule has 0 aromatic heterocycles. The fraction of sp³-hybridized carbons (Fsp3) is 0.174. The number of fused-ring (bicyclic) bond motifs is 1. The molecule has 1 N–H and O–H groups in total. The lowest BCUT2D eigenvalue weighted by molar-refractivity contribution is -0.383. The van der Waals surface area contributed by atoms with Gasteiger partial charge in [0.05, 0.1) is 10.8 Å². The van der Waals surface area contributed by atoms with Gasteiger partial charge in [-0.25, -0.2) is 0 Å². The van der Waals surface area contributed by atoms with Crippen molar-refractivity contribution in [3.63, 3.8) is 0 Å². The Balaban J connectivity index is 1.54. The summed E-state index contributed by atoms with van der Waals surface area (Å²) in [6.07, 6.45) is 0.713. The summed E-state index contributed by atoms with van der Waals surface area (Å²) in [4.78, 5) is 24.0. The average molecular weight is 370 g/mol. The van der Waals surface area contributed by atoms with Crippen LogP contribution in [0, 0.1) is 16.0 Å². The van der Waals surface area contributed by atoms with Crippen LogP contribution in [0.1, 0.15) is 40.5 Å². The molecule has 1 amide bonds. The van der Waals surface area contributed by atoms with Crippen molar-refractivity contribution in [2.24, 2.45) is 5.92 Å². The third-order valence-electron chi connectivity index (χ3n) is 6.00. The van der Waals surface area contributed by atoms with Crippen molar-refractivity contribution in [3.8, 4) is 0 Å². The molecule has 0 saturated carbocycles. The van der Waals surface area contributed by atoms with Crippen molar-refractivity contribution < 1.29 is 9.72 Å². The molecule has 3 aromatic carbocycles. The lowest BCUT2D eigenvalue weighted by Gasteiger charge is -2.44. The van der Waals surface area contributed by atoms with Crippen LogP contribution in [0.15, 0.2) is 72.8 Å². The number of para-hydroxylation sites is 2. The Morgan fingerprint density at radius 3 is 2.00 bits per heavy atom. The van der Waals surface area contributed by atoms with Gasteiger partial charge in [0.25, 0.3) is 5.69 Å². The molecular weight excluding hydrogens is 352 g/mol. The van der Waals surface area contributed by atoms with Gasteiger partial charge in [-0.3, -0.25) is 14.9 Å². The molecule has 0 saturated heterocycles. The summed E-state index contributed by atoms with van der Waals surface area (Å²) in [6.45, 7) is 0. The monoisotopic (exact) mass is 370 g/mol. The summed E-state index contributed by atoms with van der Waals surface area (Å²) >= 11 is 0. The van der Waals surface area contributed by atoms with Crippen LogP contribution in [0.3, 0.4) is 0 Å². The summed E-state index contributed by atoms with van der Waals surface area (Å²) in [6, 6.07) is 22.9. The summed E-state index contributed by atoms with van der Waals surface area (Å²) in [5.74, 6) is -0.262. The van der Waals surface area contributed by atoms with Crippen LogP contribution in [-0.2, 0) is 4.79 Å². The molecule has 6 rings (SSSR count). The highest BCUT2D eigenvalue weighted by Gasteiger charge is 2.46. The Bertz CT molecular complexity index is 1060. The predicted molar refractivity (Wildman–Crippen MR) is 106 cm³/mol. The summed E-state index contributed by atoms with van der Waals surface area (Å²) in [5, 5.41) is 14.1. The van der Waals surface area contributed by atoms with Gasteiger partial charge in [-0.05, 0) is 34.7 Å². The first-order chi connectivity index (χ1) is 13.6. The van der Waals surface area contributed by atoms with Crippen LogP contribution >= 0.6 is 0 Å². The van der Waals surface area contributed by atoms with E-state index in [1.165, 1.54) is 28.3 Å². The van der Waals surface area contributed by atoms with E-state index in [1.54, 1.807) is 18.2 Å². The van der Waals surface area contributed by atoms with Crippen molar-refractivity contribution in [3.05, 3.63) is 105 Å². The van der Waals surface area contributed by atoms with Gasteiger partial charge < -0.3 is 5.32 Å². The van der Waals surface area contributed by atoms with Crippen LogP contribution in [0.5, 0.6) is 0 Å². The third-order valence-corrected chi connectivity index (χ3v) is 6.00. The number of anilines is 1. The molecule has 0 radical (unpaired) electrons. The second-order valence-corrected chi connectivity index (χ2v) is 7.39. The number of benzene rings is 3. The second kappa shape index (κ2) is 6.30. The molecule has 28 heavy (non-hydrogen) atoms. The number of rotatable bonds is 3. The number of carbonyl (C=O) groups excluding carboxylic acids is 1. The minimum Gasteiger partial charge on any atom is -0.320 e. The van der Waals surface area contributed by atoms with Crippen molar-refractivity contribution in [1.29, 1.82) is 0 Å². The van der Waals surface area contributed by atoms with Crippen molar-refractivity contribution in [2.45, 2.75) is 18.3 Å². The number of hydrogen-bond donors (Lipinski definition) is 1. The largest absolute Gasteiger partial charge is 0.320 e. The van der Waals surface area contributed by atoms with Crippen molar-refractivity contribution in [2.75, 3.05) is 5.32 Å². The molecule has 138 valence electrons. The lowest BCUT2D eigenvalue weighted by Crippen LogP contribution is -2.38. The summed E-state index contributed by atoms with van der Waals surface area (Å²) < 4.78 is 0. The number of hydrogen-bond acceptors (Lipinski definition) is 3. The Morgan fingerprint density at radius 1 is 0.857 bits per heavy atom. The van der Waals surface area contributed by atoms with Gasteiger partial charge in [0.2, 0.25) is 5.91 Å². The van der Waals surface area contributed by atoms with Gasteiger partial charge in [0.1, 0.15) is 5.69 Å². The Kier molecular flexibility index (Phi) is 3.76. The van der Waals surface area contributed by atoms with Crippen LogP contribution in [0.25, 0.3) is 0 Å². The van der Waals surface area contributed by atoms with Gasteiger partial charge >= 0.3 is 0 Å². The molecule has 5 nitrogen and oxygen atoms in total. The van der Waals surface area contributed by atoms with E-state index < -0.39 is 4.92 Å². The van der Waals surface area contributed by atoms with Gasteiger partial charge in [-0.1, -0.05) is 60.7 Å². The first-order valence-electron chi connectivity index (χ1n) is 9.37. The minimum absolute atomic E-state index is 0.0276. The van der Waals surface area contributed by atoms with Crippen LogP contribution < -0.4 is 5.32 Å². The van der Waals surface area contributed by atoms with E-state index in [0.29, 0.717) is 6.42 Å². The zero-order chi connectivity index (χ0) is 19.3. The third kappa shape index (κ3) is 2.43. The molecule has 0 heterocycles. The van der Waals surface area contributed by atoms with Crippen molar-refractivity contribution >= 4 is 17.3 Å². The van der Waals surface area contributed by atoms with Crippen molar-refractivity contribution in [1.82, 2.24) is 0 Å². The maximum Gasteiger partial charge on any atom is 0.292 e. The summed E-state index contributed by atoms with van der Waals surface area (Å²) in [7, 11) is 0. The maximum atomic E-state index is 13.2.